The maximum atomic E-state index is 12.7. The average molecular weight is 548 g/mol. The molecule has 2 amide bonds. The van der Waals surface area contributed by atoms with Crippen LogP contribution in [0.2, 0.25) is 0 Å². The second-order valence-electron chi connectivity index (χ2n) is 7.85. The molecule has 0 atom stereocenters. The molecule has 36 heavy (non-hydrogen) atoms. The maximum absolute atomic E-state index is 12.7. The Bertz CT molecular complexity index is 1340. The van der Waals surface area contributed by atoms with Gasteiger partial charge in [-0.05, 0) is 83.7 Å². The lowest BCUT2D eigenvalue weighted by atomic mass is 10.1. The zero-order chi connectivity index (χ0) is 26.1. The van der Waals surface area contributed by atoms with Crippen molar-refractivity contribution in [1.29, 1.82) is 5.26 Å². The van der Waals surface area contributed by atoms with E-state index in [-0.39, 0.29) is 18.1 Å². The molecule has 0 unspecified atom stereocenters. The van der Waals surface area contributed by atoms with Crippen molar-refractivity contribution in [3.8, 4) is 17.6 Å². The van der Waals surface area contributed by atoms with E-state index < -0.39 is 5.91 Å². The van der Waals surface area contributed by atoms with Crippen LogP contribution in [0, 0.1) is 25.2 Å². The van der Waals surface area contributed by atoms with Gasteiger partial charge < -0.3 is 20.1 Å². The standard InChI is InChI=1S/C28H26BrN3O4/c1-4-35-25-15-20(13-21(16-30)28(34)32-24-12-8-6-10-19(24)3)14-22(29)27(25)36-17-26(33)31-23-11-7-5-9-18(23)2/h5-15H,4,17H2,1-3H3,(H,31,33)(H,32,34)/b21-13-. The van der Waals surface area contributed by atoms with E-state index in [1.165, 1.54) is 6.08 Å². The normalized spacial score (nSPS) is 10.8. The fourth-order valence-electron chi connectivity index (χ4n) is 3.33. The summed E-state index contributed by atoms with van der Waals surface area (Å²) in [7, 11) is 0. The number of nitrogens with zero attached hydrogens (tertiary/aromatic N) is 1. The molecule has 0 fully saturated rings. The number of para-hydroxylation sites is 2. The van der Waals surface area contributed by atoms with Crippen molar-refractivity contribution in [2.24, 2.45) is 0 Å². The highest BCUT2D eigenvalue weighted by molar-refractivity contribution is 9.10. The van der Waals surface area contributed by atoms with Crippen LogP contribution in [0.4, 0.5) is 11.4 Å². The van der Waals surface area contributed by atoms with Crippen LogP contribution in [0.5, 0.6) is 11.5 Å². The second-order valence-corrected chi connectivity index (χ2v) is 8.71. The van der Waals surface area contributed by atoms with E-state index in [9.17, 15) is 14.9 Å². The molecule has 8 heteroatoms. The Morgan fingerprint density at radius 1 is 0.972 bits per heavy atom. The van der Waals surface area contributed by atoms with E-state index in [4.69, 9.17) is 9.47 Å². The zero-order valence-corrected chi connectivity index (χ0v) is 21.8. The molecule has 0 radical (unpaired) electrons. The molecular weight excluding hydrogens is 522 g/mol. The summed E-state index contributed by atoms with van der Waals surface area (Å²) in [6.07, 6.45) is 1.47. The summed E-state index contributed by atoms with van der Waals surface area (Å²) in [5.74, 6) is -0.119. The van der Waals surface area contributed by atoms with Gasteiger partial charge >= 0.3 is 0 Å². The van der Waals surface area contributed by atoms with E-state index in [1.807, 2.05) is 69.3 Å². The summed E-state index contributed by atoms with van der Waals surface area (Å²) in [6, 6.07) is 20.1. The number of aryl methyl sites for hydroxylation is 2. The third-order valence-corrected chi connectivity index (χ3v) is 5.76. The minimum absolute atomic E-state index is 0.0705. The molecule has 0 bridgehead atoms. The van der Waals surface area contributed by atoms with Crippen molar-refractivity contribution in [2.75, 3.05) is 23.8 Å². The number of rotatable bonds is 9. The van der Waals surface area contributed by atoms with E-state index >= 15 is 0 Å². The maximum Gasteiger partial charge on any atom is 0.266 e. The number of carbonyl (C=O) groups excluding carboxylic acids is 2. The average Bonchev–Trinajstić information content (AvgIpc) is 2.85. The summed E-state index contributed by atoms with van der Waals surface area (Å²) >= 11 is 3.46. The fraction of sp³-hybridized carbons (Fsp3) is 0.179. The predicted molar refractivity (Wildman–Crippen MR) is 144 cm³/mol. The molecule has 7 nitrogen and oxygen atoms in total. The van der Waals surface area contributed by atoms with Crippen LogP contribution in [-0.4, -0.2) is 25.0 Å². The molecule has 0 heterocycles. The van der Waals surface area contributed by atoms with Crippen LogP contribution in [0.25, 0.3) is 6.08 Å². The van der Waals surface area contributed by atoms with E-state index in [0.717, 1.165) is 11.1 Å². The molecule has 2 N–H and O–H groups in total. The Balaban J connectivity index is 1.79. The van der Waals surface area contributed by atoms with Crippen LogP contribution < -0.4 is 20.1 Å². The number of benzene rings is 3. The molecule has 0 spiro atoms. The Morgan fingerprint density at radius 3 is 2.17 bits per heavy atom. The minimum Gasteiger partial charge on any atom is -0.490 e. The van der Waals surface area contributed by atoms with Gasteiger partial charge in [0.25, 0.3) is 11.8 Å². The van der Waals surface area contributed by atoms with E-state index in [2.05, 4.69) is 26.6 Å². The van der Waals surface area contributed by atoms with Gasteiger partial charge in [-0.3, -0.25) is 9.59 Å². The number of nitriles is 1. The SMILES string of the molecule is CCOc1cc(/C=C(/C#N)C(=O)Nc2ccccc2C)cc(Br)c1OCC(=O)Nc1ccccc1C. The smallest absolute Gasteiger partial charge is 0.266 e. The first-order valence-corrected chi connectivity index (χ1v) is 12.0. The number of carbonyl (C=O) groups is 2. The summed E-state index contributed by atoms with van der Waals surface area (Å²) < 4.78 is 12.0. The number of hydrogen-bond donors (Lipinski definition) is 2. The van der Waals surface area contributed by atoms with Gasteiger partial charge in [-0.15, -0.1) is 0 Å². The molecule has 0 saturated carbocycles. The topological polar surface area (TPSA) is 100 Å². The van der Waals surface area contributed by atoms with E-state index in [0.29, 0.717) is 39.5 Å². The Hall–Kier alpha value is -4.09. The molecule has 0 saturated heterocycles. The molecule has 0 aliphatic heterocycles. The van der Waals surface area contributed by atoms with Gasteiger partial charge in [-0.2, -0.15) is 5.26 Å². The highest BCUT2D eigenvalue weighted by Crippen LogP contribution is 2.37. The van der Waals surface area contributed by atoms with Crippen molar-refractivity contribution < 1.29 is 19.1 Å². The van der Waals surface area contributed by atoms with Crippen LogP contribution in [-0.2, 0) is 9.59 Å². The number of halogens is 1. The molecule has 0 aromatic heterocycles. The largest absolute Gasteiger partial charge is 0.490 e. The molecule has 3 aromatic carbocycles. The second kappa shape index (κ2) is 12.6. The first kappa shape index (κ1) is 26.5. The van der Waals surface area contributed by atoms with Crippen LogP contribution >= 0.6 is 15.9 Å². The number of hydrogen-bond acceptors (Lipinski definition) is 5. The summed E-state index contributed by atoms with van der Waals surface area (Å²) in [4.78, 5) is 25.1. The van der Waals surface area contributed by atoms with Crippen molar-refractivity contribution in [3.05, 3.63) is 87.4 Å². The molecule has 3 aromatic rings. The Labute approximate surface area is 218 Å². The van der Waals surface area contributed by atoms with E-state index in [1.54, 1.807) is 18.2 Å². The highest BCUT2D eigenvalue weighted by atomic mass is 79.9. The number of amides is 2. The Morgan fingerprint density at radius 2 is 1.58 bits per heavy atom. The summed E-state index contributed by atoms with van der Waals surface area (Å²) in [6.45, 7) is 5.72. The zero-order valence-electron chi connectivity index (χ0n) is 20.2. The first-order chi connectivity index (χ1) is 17.3. The van der Waals surface area contributed by atoms with Crippen molar-refractivity contribution in [2.45, 2.75) is 20.8 Å². The number of nitrogens with one attached hydrogen (secondary N) is 2. The summed E-state index contributed by atoms with van der Waals surface area (Å²) in [5, 5.41) is 15.2. The van der Waals surface area contributed by atoms with Crippen LogP contribution in [0.3, 0.4) is 0 Å². The molecule has 0 aliphatic carbocycles. The van der Waals surface area contributed by atoms with Gasteiger partial charge in [0, 0.05) is 11.4 Å². The van der Waals surface area contributed by atoms with Crippen LogP contribution in [0.15, 0.2) is 70.7 Å². The van der Waals surface area contributed by atoms with Crippen molar-refractivity contribution in [3.63, 3.8) is 0 Å². The molecular formula is C28H26BrN3O4. The molecule has 184 valence electrons. The number of anilines is 2. The van der Waals surface area contributed by atoms with Gasteiger partial charge in [0.2, 0.25) is 0 Å². The lowest BCUT2D eigenvalue weighted by Crippen LogP contribution is -2.21. The summed E-state index contributed by atoms with van der Waals surface area (Å²) in [5.41, 5.74) is 3.66. The fourth-order valence-corrected chi connectivity index (χ4v) is 3.90. The van der Waals surface area contributed by atoms with Gasteiger partial charge in [-0.1, -0.05) is 36.4 Å². The van der Waals surface area contributed by atoms with Crippen LogP contribution in [0.1, 0.15) is 23.6 Å². The van der Waals surface area contributed by atoms with Crippen molar-refractivity contribution >= 4 is 45.2 Å². The van der Waals surface area contributed by atoms with Gasteiger partial charge in [0.1, 0.15) is 11.6 Å². The lowest BCUT2D eigenvalue weighted by molar-refractivity contribution is -0.118. The number of ether oxygens (including phenoxy) is 2. The monoisotopic (exact) mass is 547 g/mol. The van der Waals surface area contributed by atoms with Gasteiger partial charge in [-0.25, -0.2) is 0 Å². The predicted octanol–water partition coefficient (Wildman–Crippen LogP) is 6.03. The third-order valence-electron chi connectivity index (χ3n) is 5.17. The Kier molecular flexibility index (Phi) is 9.25. The first-order valence-electron chi connectivity index (χ1n) is 11.3. The van der Waals surface area contributed by atoms with Crippen molar-refractivity contribution in [1.82, 2.24) is 0 Å². The quantitative estimate of drug-likeness (QED) is 0.251. The third kappa shape index (κ3) is 6.96. The van der Waals surface area contributed by atoms with Gasteiger partial charge in [0.15, 0.2) is 18.1 Å². The minimum atomic E-state index is -0.519. The molecule has 0 aliphatic rings. The lowest BCUT2D eigenvalue weighted by Gasteiger charge is -2.15. The highest BCUT2D eigenvalue weighted by Gasteiger charge is 2.16. The van der Waals surface area contributed by atoms with Gasteiger partial charge in [0.05, 0.1) is 11.1 Å². The molecule has 3 rings (SSSR count).